The summed E-state index contributed by atoms with van der Waals surface area (Å²) in [5, 5.41) is 6.69. The van der Waals surface area contributed by atoms with Crippen LogP contribution in [0.5, 0.6) is 0 Å². The Balaban J connectivity index is 0.000000189. The number of hydrogen-bond acceptors (Lipinski definition) is 10. The van der Waals surface area contributed by atoms with Gasteiger partial charge >= 0.3 is 23.1 Å². The van der Waals surface area contributed by atoms with Crippen molar-refractivity contribution in [3.05, 3.63) is 91.0 Å². The molecule has 294 valence electrons. The number of carbonyl (C=O) groups excluding carboxylic acids is 4. The summed E-state index contributed by atoms with van der Waals surface area (Å²) in [6, 6.07) is 9.08. The molecule has 56 heavy (non-hydrogen) atoms. The molecule has 1 N–H and O–H groups in total. The maximum Gasteiger partial charge on any atom is 0.501 e. The summed E-state index contributed by atoms with van der Waals surface area (Å²) in [7, 11) is -11.0. The van der Waals surface area contributed by atoms with Crippen LogP contribution in [0.25, 0.3) is 5.69 Å². The predicted molar refractivity (Wildman–Crippen MR) is 179 cm³/mol. The number of urea groups is 2. The van der Waals surface area contributed by atoms with E-state index in [9.17, 15) is 62.4 Å². The Morgan fingerprint density at radius 2 is 1.23 bits per heavy atom. The standard InChI is InChI=1S/C21H16F3N5O4S.C12H9F3N2O4S/c22-21(23,24)34(32,33)16-4-2-15(3-5-16)29-18(30)20(7-8-20)27(19(29)31)13-14-6-10-25-12-17(14)28-11-1-9-26-28;13-12(14,15)22(20,21)8-3-1-7(2-4-8)17-9(18)11(5-6-11)16-10(17)19/h1-6,9-12H,7-8,13H2;1-4H,5-6H2,(H,16,19). The number of amides is 6. The molecule has 2 aliphatic heterocycles. The van der Waals surface area contributed by atoms with E-state index >= 15 is 0 Å². The van der Waals surface area contributed by atoms with Gasteiger partial charge in [0.1, 0.15) is 11.1 Å². The van der Waals surface area contributed by atoms with Crippen molar-refractivity contribution in [1.82, 2.24) is 25.0 Å². The molecule has 2 saturated heterocycles. The number of hydrogen-bond donors (Lipinski definition) is 1. The van der Waals surface area contributed by atoms with E-state index < -0.39 is 75.4 Å². The number of rotatable bonds is 7. The van der Waals surface area contributed by atoms with Crippen molar-refractivity contribution >= 4 is 54.9 Å². The first-order chi connectivity index (χ1) is 26.1. The Morgan fingerprint density at radius 3 is 1.68 bits per heavy atom. The zero-order valence-electron chi connectivity index (χ0n) is 28.2. The van der Waals surface area contributed by atoms with E-state index in [1.54, 1.807) is 41.6 Å². The van der Waals surface area contributed by atoms with Gasteiger partial charge in [0.05, 0.1) is 39.6 Å². The lowest BCUT2D eigenvalue weighted by Gasteiger charge is -2.22. The van der Waals surface area contributed by atoms with Crippen molar-refractivity contribution in [2.45, 2.75) is 64.1 Å². The van der Waals surface area contributed by atoms with Gasteiger partial charge in [-0.05, 0) is 86.3 Å². The topological polar surface area (TPSA) is 189 Å². The molecule has 2 aliphatic carbocycles. The van der Waals surface area contributed by atoms with Gasteiger partial charge in [-0.15, -0.1) is 0 Å². The van der Waals surface area contributed by atoms with Crippen molar-refractivity contribution in [2.24, 2.45) is 0 Å². The second-order valence-corrected chi connectivity index (χ2v) is 16.9. The maximum atomic E-state index is 13.3. The van der Waals surface area contributed by atoms with Crippen molar-refractivity contribution < 1.29 is 62.4 Å². The molecule has 6 amide bonds. The predicted octanol–water partition coefficient (Wildman–Crippen LogP) is 4.63. The van der Waals surface area contributed by atoms with Crippen LogP contribution >= 0.6 is 0 Å². The molecule has 0 unspecified atom stereocenters. The first-order valence-corrected chi connectivity index (χ1v) is 19.2. The summed E-state index contributed by atoms with van der Waals surface area (Å²) in [4.78, 5) is 55.7. The molecule has 4 aromatic rings. The number of alkyl halides is 6. The third-order valence-electron chi connectivity index (χ3n) is 9.56. The molecule has 2 saturated carbocycles. The lowest BCUT2D eigenvalue weighted by molar-refractivity contribution is -0.121. The number of aromatic nitrogens is 3. The van der Waals surface area contributed by atoms with Gasteiger partial charge in [-0.25, -0.2) is 40.9 Å². The zero-order chi connectivity index (χ0) is 40.6. The molecular formula is C33H25F6N7O8S2. The Labute approximate surface area is 312 Å². The molecule has 4 fully saturated rings. The van der Waals surface area contributed by atoms with Crippen LogP contribution in [0.15, 0.2) is 95.2 Å². The molecule has 15 nitrogen and oxygen atoms in total. The first kappa shape index (κ1) is 38.4. The summed E-state index contributed by atoms with van der Waals surface area (Å²) in [5.74, 6) is -0.984. The van der Waals surface area contributed by atoms with E-state index in [1.165, 1.54) is 4.90 Å². The van der Waals surface area contributed by atoms with Crippen LogP contribution in [-0.2, 0) is 35.8 Å². The van der Waals surface area contributed by atoms with Gasteiger partial charge in [-0.1, -0.05) is 0 Å². The summed E-state index contributed by atoms with van der Waals surface area (Å²) in [6.07, 6.45) is 8.35. The number of benzene rings is 2. The largest absolute Gasteiger partial charge is 0.501 e. The minimum atomic E-state index is -5.54. The molecule has 2 aromatic carbocycles. The van der Waals surface area contributed by atoms with E-state index in [0.29, 0.717) is 36.9 Å². The number of pyridine rings is 1. The maximum absolute atomic E-state index is 13.3. The van der Waals surface area contributed by atoms with Gasteiger partial charge in [0.2, 0.25) is 0 Å². The molecule has 4 aliphatic rings. The fourth-order valence-electron chi connectivity index (χ4n) is 6.23. The number of nitrogens with zero attached hydrogens (tertiary/aromatic N) is 6. The first-order valence-electron chi connectivity index (χ1n) is 16.2. The molecule has 0 atom stereocenters. The average molecular weight is 826 g/mol. The number of carbonyl (C=O) groups is 4. The number of nitrogens with one attached hydrogen (secondary N) is 1. The van der Waals surface area contributed by atoms with E-state index in [1.807, 2.05) is 0 Å². The van der Waals surface area contributed by atoms with E-state index in [-0.39, 0.29) is 17.9 Å². The minimum Gasteiger partial charge on any atom is -0.323 e. The van der Waals surface area contributed by atoms with Crippen LogP contribution < -0.4 is 15.1 Å². The van der Waals surface area contributed by atoms with Crippen LogP contribution in [-0.4, -0.2) is 82.5 Å². The molecule has 2 aromatic heterocycles. The monoisotopic (exact) mass is 825 g/mol. The summed E-state index contributed by atoms with van der Waals surface area (Å²) in [6.45, 7) is 0.0827. The number of sulfone groups is 2. The Bertz CT molecular complexity index is 2490. The van der Waals surface area contributed by atoms with Crippen molar-refractivity contribution in [1.29, 1.82) is 0 Å². The van der Waals surface area contributed by atoms with Crippen LogP contribution in [0.2, 0.25) is 0 Å². The lowest BCUT2D eigenvalue weighted by atomic mass is 10.1. The molecular weight excluding hydrogens is 801 g/mol. The van der Waals surface area contributed by atoms with Gasteiger partial charge in [0.15, 0.2) is 0 Å². The third kappa shape index (κ3) is 6.23. The molecule has 0 bridgehead atoms. The van der Waals surface area contributed by atoms with Crippen LogP contribution in [0.1, 0.15) is 31.2 Å². The van der Waals surface area contributed by atoms with Gasteiger partial charge in [0.25, 0.3) is 31.5 Å². The molecule has 0 radical (unpaired) electrons. The van der Waals surface area contributed by atoms with Gasteiger partial charge in [-0.3, -0.25) is 14.6 Å². The zero-order valence-corrected chi connectivity index (χ0v) is 29.8. The second-order valence-electron chi connectivity index (χ2n) is 13.0. The van der Waals surface area contributed by atoms with Gasteiger partial charge < -0.3 is 10.2 Å². The van der Waals surface area contributed by atoms with Crippen LogP contribution in [0.4, 0.5) is 47.3 Å². The van der Waals surface area contributed by atoms with Crippen LogP contribution in [0, 0.1) is 0 Å². The molecule has 4 heterocycles. The number of imide groups is 2. The quantitative estimate of drug-likeness (QED) is 0.203. The van der Waals surface area contributed by atoms with Crippen molar-refractivity contribution in [3.63, 3.8) is 0 Å². The molecule has 8 rings (SSSR count). The van der Waals surface area contributed by atoms with Crippen LogP contribution in [0.3, 0.4) is 0 Å². The summed E-state index contributed by atoms with van der Waals surface area (Å²) >= 11 is 0. The smallest absolute Gasteiger partial charge is 0.323 e. The highest BCUT2D eigenvalue weighted by molar-refractivity contribution is 7.92. The Morgan fingerprint density at radius 1 is 0.696 bits per heavy atom. The highest BCUT2D eigenvalue weighted by atomic mass is 32.2. The number of halogens is 6. The Hall–Kier alpha value is -5.84. The van der Waals surface area contributed by atoms with Crippen molar-refractivity contribution in [2.75, 3.05) is 9.80 Å². The molecule has 2 spiro atoms. The molecule has 23 heteroatoms. The van der Waals surface area contributed by atoms with Gasteiger partial charge in [-0.2, -0.15) is 31.4 Å². The highest BCUT2D eigenvalue weighted by Crippen LogP contribution is 2.50. The second kappa shape index (κ2) is 12.9. The average Bonchev–Trinajstić information content (AvgIpc) is 4.02. The Kier molecular flexibility index (Phi) is 8.83. The SMILES string of the molecule is O=C1N(c2ccc(S(=O)(=O)C(F)(F)F)cc2)C(=O)C2(CC2)N1Cc1ccncc1-n1cccn1.O=C1NC2(CC2)C(=O)N1c1ccc(S(=O)(=O)C(F)(F)F)cc1. The summed E-state index contributed by atoms with van der Waals surface area (Å²) < 4.78 is 123. The third-order valence-corrected chi connectivity index (χ3v) is 12.6. The van der Waals surface area contributed by atoms with E-state index in [4.69, 9.17) is 0 Å². The normalized spacial score (nSPS) is 18.7. The number of anilines is 2. The summed E-state index contributed by atoms with van der Waals surface area (Å²) in [5.41, 5.74) is -11.5. The fourth-order valence-corrected chi connectivity index (χ4v) is 7.76. The van der Waals surface area contributed by atoms with Gasteiger partial charge in [0, 0.05) is 24.2 Å². The van der Waals surface area contributed by atoms with Crippen molar-refractivity contribution in [3.8, 4) is 5.69 Å². The highest BCUT2D eigenvalue weighted by Gasteiger charge is 2.65. The fraction of sp³-hybridized carbons (Fsp3) is 0.273. The lowest BCUT2D eigenvalue weighted by Crippen LogP contribution is -2.36. The minimum absolute atomic E-state index is 0.00747. The van der Waals surface area contributed by atoms with E-state index in [0.717, 1.165) is 58.3 Å². The van der Waals surface area contributed by atoms with E-state index in [2.05, 4.69) is 15.4 Å².